The van der Waals surface area contributed by atoms with Gasteiger partial charge in [0.15, 0.2) is 0 Å². The van der Waals surface area contributed by atoms with Gasteiger partial charge in [0.25, 0.3) is 5.91 Å². The minimum absolute atomic E-state index is 0.292. The smallest absolute Gasteiger partial charge is 0.252 e. The third-order valence-electron chi connectivity index (χ3n) is 4.03. The molecule has 0 bridgehead atoms. The summed E-state index contributed by atoms with van der Waals surface area (Å²) in [5.41, 5.74) is 2.55. The van der Waals surface area contributed by atoms with Gasteiger partial charge in [-0.15, -0.1) is 0 Å². The number of benzene rings is 2. The Kier molecular flexibility index (Phi) is 4.96. The van der Waals surface area contributed by atoms with Crippen LogP contribution in [-0.4, -0.2) is 19.0 Å². The molecule has 0 atom stereocenters. The monoisotopic (exact) mass is 376 g/mol. The van der Waals surface area contributed by atoms with Crippen molar-refractivity contribution in [2.24, 2.45) is 0 Å². The molecule has 0 aromatic heterocycles. The van der Waals surface area contributed by atoms with Crippen LogP contribution in [0.2, 0.25) is 0 Å². The van der Waals surface area contributed by atoms with Crippen LogP contribution in [0, 0.1) is 5.82 Å². The van der Waals surface area contributed by atoms with Crippen molar-refractivity contribution in [2.75, 3.05) is 18.0 Å². The van der Waals surface area contributed by atoms with Crippen molar-refractivity contribution in [1.29, 1.82) is 0 Å². The Hall–Kier alpha value is -1.88. The average Bonchev–Trinajstić information content (AvgIpc) is 3.10. The van der Waals surface area contributed by atoms with Crippen molar-refractivity contribution in [3.63, 3.8) is 0 Å². The predicted molar refractivity (Wildman–Crippen MR) is 93.2 cm³/mol. The first kappa shape index (κ1) is 16.0. The van der Waals surface area contributed by atoms with Gasteiger partial charge >= 0.3 is 0 Å². The second-order valence-electron chi connectivity index (χ2n) is 5.67. The Balaban J connectivity index is 1.61. The van der Waals surface area contributed by atoms with Crippen molar-refractivity contribution in [3.8, 4) is 0 Å². The summed E-state index contributed by atoms with van der Waals surface area (Å²) in [6.07, 6.45) is 2.50. The summed E-state index contributed by atoms with van der Waals surface area (Å²) >= 11 is 3.27. The Morgan fingerprint density at radius 1 is 1.13 bits per heavy atom. The van der Waals surface area contributed by atoms with Crippen LogP contribution in [0.3, 0.4) is 0 Å². The van der Waals surface area contributed by atoms with Gasteiger partial charge in [0, 0.05) is 29.8 Å². The van der Waals surface area contributed by atoms with Crippen LogP contribution >= 0.6 is 15.9 Å². The molecule has 3 nitrogen and oxygen atoms in total. The highest BCUT2D eigenvalue weighted by molar-refractivity contribution is 9.10. The van der Waals surface area contributed by atoms with Crippen LogP contribution in [-0.2, 0) is 6.54 Å². The quantitative estimate of drug-likeness (QED) is 0.870. The summed E-state index contributed by atoms with van der Waals surface area (Å²) in [5, 5.41) is 2.82. The standard InChI is InChI=1S/C18H18BrFN2O/c19-17-8-5-14(20)11-16(17)18(23)21-12-13-3-6-15(7-4-13)22-9-1-2-10-22/h3-8,11H,1-2,9-10,12H2,(H,21,23). The second kappa shape index (κ2) is 7.13. The van der Waals surface area contributed by atoms with E-state index in [4.69, 9.17) is 0 Å². The first-order valence-corrected chi connectivity index (χ1v) is 8.50. The molecule has 1 aliphatic rings. The topological polar surface area (TPSA) is 32.3 Å². The lowest BCUT2D eigenvalue weighted by atomic mass is 10.1. The Morgan fingerprint density at radius 3 is 2.52 bits per heavy atom. The Bertz CT molecular complexity index is 697. The van der Waals surface area contributed by atoms with E-state index >= 15 is 0 Å². The molecule has 0 spiro atoms. The second-order valence-corrected chi connectivity index (χ2v) is 6.52. The van der Waals surface area contributed by atoms with E-state index in [2.05, 4.69) is 38.3 Å². The molecule has 1 saturated heterocycles. The SMILES string of the molecule is O=C(NCc1ccc(N2CCCC2)cc1)c1cc(F)ccc1Br. The largest absolute Gasteiger partial charge is 0.372 e. The van der Waals surface area contributed by atoms with E-state index in [1.165, 1.54) is 36.7 Å². The number of hydrogen-bond acceptors (Lipinski definition) is 2. The zero-order chi connectivity index (χ0) is 16.2. The van der Waals surface area contributed by atoms with E-state index < -0.39 is 5.82 Å². The molecule has 1 fully saturated rings. The molecule has 0 radical (unpaired) electrons. The molecule has 2 aromatic carbocycles. The van der Waals surface area contributed by atoms with Gasteiger partial charge < -0.3 is 10.2 Å². The normalized spacial score (nSPS) is 14.1. The fourth-order valence-corrected chi connectivity index (χ4v) is 3.18. The maximum absolute atomic E-state index is 13.3. The summed E-state index contributed by atoms with van der Waals surface area (Å²) in [6, 6.07) is 12.3. The maximum Gasteiger partial charge on any atom is 0.252 e. The first-order valence-electron chi connectivity index (χ1n) is 7.70. The van der Waals surface area contributed by atoms with Gasteiger partial charge in [0.2, 0.25) is 0 Å². The van der Waals surface area contributed by atoms with E-state index in [1.54, 1.807) is 0 Å². The van der Waals surface area contributed by atoms with E-state index in [0.717, 1.165) is 18.7 Å². The molecule has 2 aromatic rings. The van der Waals surface area contributed by atoms with Crippen LogP contribution < -0.4 is 10.2 Å². The lowest BCUT2D eigenvalue weighted by molar-refractivity contribution is 0.0949. The van der Waals surface area contributed by atoms with Gasteiger partial charge in [-0.1, -0.05) is 12.1 Å². The molecule has 0 unspecified atom stereocenters. The molecule has 1 aliphatic heterocycles. The number of hydrogen-bond donors (Lipinski definition) is 1. The number of carbonyl (C=O) groups excluding carboxylic acids is 1. The lowest BCUT2D eigenvalue weighted by Crippen LogP contribution is -2.23. The zero-order valence-corrected chi connectivity index (χ0v) is 14.3. The number of nitrogens with one attached hydrogen (secondary N) is 1. The number of nitrogens with zero attached hydrogens (tertiary/aromatic N) is 1. The third kappa shape index (κ3) is 3.91. The molecule has 3 rings (SSSR count). The molecule has 120 valence electrons. The van der Waals surface area contributed by atoms with E-state index in [-0.39, 0.29) is 5.91 Å². The Labute approximate surface area is 143 Å². The summed E-state index contributed by atoms with van der Waals surface area (Å²) in [7, 11) is 0. The number of rotatable bonds is 4. The van der Waals surface area contributed by atoms with Crippen molar-refractivity contribution >= 4 is 27.5 Å². The molecular formula is C18H18BrFN2O. The van der Waals surface area contributed by atoms with Crippen molar-refractivity contribution in [3.05, 3.63) is 63.9 Å². The molecule has 1 amide bonds. The average molecular weight is 377 g/mol. The predicted octanol–water partition coefficient (Wildman–Crippen LogP) is 4.12. The van der Waals surface area contributed by atoms with E-state index in [1.807, 2.05) is 12.1 Å². The zero-order valence-electron chi connectivity index (χ0n) is 12.7. The van der Waals surface area contributed by atoms with Gasteiger partial charge in [-0.2, -0.15) is 0 Å². The van der Waals surface area contributed by atoms with Crippen LogP contribution in [0.4, 0.5) is 10.1 Å². The Morgan fingerprint density at radius 2 is 1.83 bits per heavy atom. The van der Waals surface area contributed by atoms with Gasteiger partial charge in [-0.25, -0.2) is 4.39 Å². The number of carbonyl (C=O) groups is 1. The van der Waals surface area contributed by atoms with E-state index in [9.17, 15) is 9.18 Å². The highest BCUT2D eigenvalue weighted by Crippen LogP contribution is 2.21. The molecule has 5 heteroatoms. The summed E-state index contributed by atoms with van der Waals surface area (Å²) < 4.78 is 13.8. The molecule has 1 heterocycles. The summed E-state index contributed by atoms with van der Waals surface area (Å²) in [4.78, 5) is 14.5. The molecule has 0 saturated carbocycles. The van der Waals surface area contributed by atoms with Gasteiger partial charge in [0.1, 0.15) is 5.82 Å². The number of halogens is 2. The highest BCUT2D eigenvalue weighted by Gasteiger charge is 2.13. The summed E-state index contributed by atoms with van der Waals surface area (Å²) in [5.74, 6) is -0.715. The van der Waals surface area contributed by atoms with Crippen molar-refractivity contribution in [2.45, 2.75) is 19.4 Å². The minimum atomic E-state index is -0.423. The van der Waals surface area contributed by atoms with E-state index in [0.29, 0.717) is 16.6 Å². The van der Waals surface area contributed by atoms with Crippen LogP contribution in [0.15, 0.2) is 46.9 Å². The highest BCUT2D eigenvalue weighted by atomic mass is 79.9. The molecule has 1 N–H and O–H groups in total. The van der Waals surface area contributed by atoms with Crippen LogP contribution in [0.25, 0.3) is 0 Å². The molecule has 23 heavy (non-hydrogen) atoms. The number of amides is 1. The maximum atomic E-state index is 13.3. The fourth-order valence-electron chi connectivity index (χ4n) is 2.75. The lowest BCUT2D eigenvalue weighted by Gasteiger charge is -2.17. The minimum Gasteiger partial charge on any atom is -0.372 e. The number of anilines is 1. The fraction of sp³-hybridized carbons (Fsp3) is 0.278. The van der Waals surface area contributed by atoms with Crippen LogP contribution in [0.1, 0.15) is 28.8 Å². The van der Waals surface area contributed by atoms with Gasteiger partial charge in [-0.05, 0) is 64.7 Å². The molecular weight excluding hydrogens is 359 g/mol. The first-order chi connectivity index (χ1) is 11.1. The third-order valence-corrected chi connectivity index (χ3v) is 4.73. The van der Waals surface area contributed by atoms with Gasteiger partial charge in [0.05, 0.1) is 5.56 Å². The van der Waals surface area contributed by atoms with Crippen molar-refractivity contribution < 1.29 is 9.18 Å². The molecule has 0 aliphatic carbocycles. The van der Waals surface area contributed by atoms with Crippen LogP contribution in [0.5, 0.6) is 0 Å². The van der Waals surface area contributed by atoms with Crippen molar-refractivity contribution in [1.82, 2.24) is 5.32 Å². The summed E-state index contributed by atoms with van der Waals surface area (Å²) in [6.45, 7) is 2.65. The van der Waals surface area contributed by atoms with Gasteiger partial charge in [-0.3, -0.25) is 4.79 Å².